The highest BCUT2D eigenvalue weighted by molar-refractivity contribution is 7.12. The number of hydrogen-bond acceptors (Lipinski definition) is 2. The van der Waals surface area contributed by atoms with Crippen LogP contribution in [0.2, 0.25) is 0 Å². The highest BCUT2D eigenvalue weighted by atomic mass is 32.1. The Morgan fingerprint density at radius 2 is 2.25 bits per heavy atom. The summed E-state index contributed by atoms with van der Waals surface area (Å²) < 4.78 is 0. The maximum atomic E-state index is 5.55. The van der Waals surface area contributed by atoms with Crippen LogP contribution in [0.1, 0.15) is 27.3 Å². The van der Waals surface area contributed by atoms with Crippen molar-refractivity contribution in [2.45, 2.75) is 32.6 Å². The minimum Gasteiger partial charge on any atom is -0.330 e. The molecule has 0 saturated carbocycles. The van der Waals surface area contributed by atoms with Gasteiger partial charge in [0.15, 0.2) is 0 Å². The second-order valence-electron chi connectivity index (χ2n) is 3.44. The summed E-state index contributed by atoms with van der Waals surface area (Å²) in [6.45, 7) is 3.05. The van der Waals surface area contributed by atoms with E-state index in [4.69, 9.17) is 5.73 Å². The minimum atomic E-state index is 0.792. The van der Waals surface area contributed by atoms with Gasteiger partial charge in [-0.25, -0.2) is 0 Å². The van der Waals surface area contributed by atoms with E-state index in [0.717, 1.165) is 13.0 Å². The van der Waals surface area contributed by atoms with Crippen LogP contribution in [-0.2, 0) is 19.3 Å². The van der Waals surface area contributed by atoms with Crippen LogP contribution in [0.15, 0.2) is 0 Å². The van der Waals surface area contributed by atoms with Crippen LogP contribution in [0.4, 0.5) is 0 Å². The van der Waals surface area contributed by atoms with Crippen LogP contribution in [-0.4, -0.2) is 6.54 Å². The van der Waals surface area contributed by atoms with Crippen LogP contribution in [0.5, 0.6) is 0 Å². The molecule has 66 valence electrons. The molecule has 2 heteroatoms. The van der Waals surface area contributed by atoms with Crippen molar-refractivity contribution in [2.75, 3.05) is 6.54 Å². The van der Waals surface area contributed by atoms with Crippen molar-refractivity contribution in [3.63, 3.8) is 0 Å². The third kappa shape index (κ3) is 1.19. The lowest BCUT2D eigenvalue weighted by atomic mass is 10.1. The summed E-state index contributed by atoms with van der Waals surface area (Å²) in [6.07, 6.45) is 5.06. The lowest BCUT2D eigenvalue weighted by Crippen LogP contribution is -2.02. The maximum absolute atomic E-state index is 5.55. The van der Waals surface area contributed by atoms with Gasteiger partial charge in [-0.05, 0) is 50.3 Å². The van der Waals surface area contributed by atoms with E-state index in [1.807, 2.05) is 11.3 Å². The van der Waals surface area contributed by atoms with Crippen LogP contribution in [0, 0.1) is 6.92 Å². The van der Waals surface area contributed by atoms with E-state index in [1.165, 1.54) is 29.7 Å². The Hall–Kier alpha value is -0.340. The smallest absolute Gasteiger partial charge is 0.00927 e. The molecular formula is C10H15NS. The molecule has 0 aliphatic heterocycles. The number of hydrogen-bond donors (Lipinski definition) is 1. The highest BCUT2D eigenvalue weighted by Crippen LogP contribution is 2.34. The summed E-state index contributed by atoms with van der Waals surface area (Å²) in [5, 5.41) is 0. The Kier molecular flexibility index (Phi) is 2.20. The molecule has 0 atom stereocenters. The predicted molar refractivity (Wildman–Crippen MR) is 53.8 cm³/mol. The first-order valence-electron chi connectivity index (χ1n) is 4.63. The molecule has 0 spiro atoms. The zero-order valence-electron chi connectivity index (χ0n) is 7.52. The average Bonchev–Trinajstić information content (AvgIpc) is 2.58. The van der Waals surface area contributed by atoms with Crippen LogP contribution < -0.4 is 5.73 Å². The van der Waals surface area contributed by atoms with Gasteiger partial charge in [-0.1, -0.05) is 0 Å². The minimum absolute atomic E-state index is 0.792. The third-order valence-corrected chi connectivity index (χ3v) is 4.11. The summed E-state index contributed by atoms with van der Waals surface area (Å²) in [7, 11) is 0. The molecule has 1 nitrogen and oxygen atoms in total. The van der Waals surface area contributed by atoms with Crippen LogP contribution in [0.3, 0.4) is 0 Å². The average molecular weight is 181 g/mol. The molecule has 12 heavy (non-hydrogen) atoms. The normalized spacial score (nSPS) is 15.2. The largest absolute Gasteiger partial charge is 0.330 e. The molecule has 1 aliphatic carbocycles. The molecule has 0 unspecified atom stereocenters. The molecule has 0 aromatic carbocycles. The van der Waals surface area contributed by atoms with E-state index in [1.54, 1.807) is 10.4 Å². The monoisotopic (exact) mass is 181 g/mol. The van der Waals surface area contributed by atoms with E-state index in [9.17, 15) is 0 Å². The molecule has 1 aliphatic rings. The standard InChI is InChI=1S/C10H15NS/c1-7-8-3-2-4-10(8)12-9(7)5-6-11/h2-6,11H2,1H3. The summed E-state index contributed by atoms with van der Waals surface area (Å²) >= 11 is 1.99. The molecular weight excluding hydrogens is 166 g/mol. The van der Waals surface area contributed by atoms with Gasteiger partial charge >= 0.3 is 0 Å². The number of thiophene rings is 1. The number of rotatable bonds is 2. The summed E-state index contributed by atoms with van der Waals surface area (Å²) in [5.41, 5.74) is 8.74. The van der Waals surface area contributed by atoms with Gasteiger partial charge in [0, 0.05) is 9.75 Å². The van der Waals surface area contributed by atoms with Crippen molar-refractivity contribution < 1.29 is 0 Å². The lowest BCUT2D eigenvalue weighted by molar-refractivity contribution is 0.905. The lowest BCUT2D eigenvalue weighted by Gasteiger charge is -1.97. The quantitative estimate of drug-likeness (QED) is 0.742. The third-order valence-electron chi connectivity index (χ3n) is 2.66. The Labute approximate surface area is 77.6 Å². The van der Waals surface area contributed by atoms with Gasteiger partial charge in [0.05, 0.1) is 0 Å². The molecule has 2 rings (SSSR count). The molecule has 0 radical (unpaired) electrons. The molecule has 0 saturated heterocycles. The number of aryl methyl sites for hydroxylation is 1. The first-order valence-corrected chi connectivity index (χ1v) is 5.44. The van der Waals surface area contributed by atoms with Gasteiger partial charge in [0.2, 0.25) is 0 Å². The fraction of sp³-hybridized carbons (Fsp3) is 0.600. The van der Waals surface area contributed by atoms with Crippen LogP contribution >= 0.6 is 11.3 Å². The molecule has 0 bridgehead atoms. The van der Waals surface area contributed by atoms with E-state index >= 15 is 0 Å². The second kappa shape index (κ2) is 3.19. The molecule has 1 aromatic rings. The Morgan fingerprint density at radius 1 is 1.42 bits per heavy atom. The van der Waals surface area contributed by atoms with Gasteiger partial charge in [-0.3, -0.25) is 0 Å². The first kappa shape index (κ1) is 8.27. The second-order valence-corrected chi connectivity index (χ2v) is 4.63. The summed E-state index contributed by atoms with van der Waals surface area (Å²) in [5.74, 6) is 0. The van der Waals surface area contributed by atoms with Gasteiger partial charge < -0.3 is 5.73 Å². The number of fused-ring (bicyclic) bond motifs is 1. The summed E-state index contributed by atoms with van der Waals surface area (Å²) in [4.78, 5) is 3.16. The zero-order chi connectivity index (χ0) is 8.55. The van der Waals surface area contributed by atoms with Crippen molar-refractivity contribution >= 4 is 11.3 Å². The molecule has 2 N–H and O–H groups in total. The van der Waals surface area contributed by atoms with Crippen molar-refractivity contribution in [1.82, 2.24) is 0 Å². The topological polar surface area (TPSA) is 26.0 Å². The van der Waals surface area contributed by atoms with Gasteiger partial charge in [0.25, 0.3) is 0 Å². The zero-order valence-corrected chi connectivity index (χ0v) is 8.34. The molecule has 0 amide bonds. The van der Waals surface area contributed by atoms with Crippen molar-refractivity contribution in [3.8, 4) is 0 Å². The molecule has 0 fully saturated rings. The predicted octanol–water partition coefficient (Wildman–Crippen LogP) is 2.05. The van der Waals surface area contributed by atoms with E-state index in [0.29, 0.717) is 0 Å². The van der Waals surface area contributed by atoms with Gasteiger partial charge in [-0.2, -0.15) is 0 Å². The Morgan fingerprint density at radius 3 is 2.92 bits per heavy atom. The highest BCUT2D eigenvalue weighted by Gasteiger charge is 2.18. The Bertz CT molecular complexity index is 288. The summed E-state index contributed by atoms with van der Waals surface area (Å²) in [6, 6.07) is 0. The fourth-order valence-corrected chi connectivity index (χ4v) is 3.41. The first-order chi connectivity index (χ1) is 5.83. The van der Waals surface area contributed by atoms with Crippen molar-refractivity contribution in [1.29, 1.82) is 0 Å². The van der Waals surface area contributed by atoms with E-state index in [2.05, 4.69) is 6.92 Å². The SMILES string of the molecule is Cc1c(CCN)sc2c1CCC2. The number of nitrogens with two attached hydrogens (primary N) is 1. The van der Waals surface area contributed by atoms with Gasteiger partial charge in [0.1, 0.15) is 0 Å². The fourth-order valence-electron chi connectivity index (χ4n) is 1.99. The molecule has 1 heterocycles. The Balaban J connectivity index is 2.34. The van der Waals surface area contributed by atoms with Gasteiger partial charge in [-0.15, -0.1) is 11.3 Å². The molecule has 1 aromatic heterocycles. The maximum Gasteiger partial charge on any atom is 0.00927 e. The van der Waals surface area contributed by atoms with Crippen molar-refractivity contribution in [3.05, 3.63) is 20.9 Å². The van der Waals surface area contributed by atoms with Crippen molar-refractivity contribution in [2.24, 2.45) is 5.73 Å². The van der Waals surface area contributed by atoms with E-state index < -0.39 is 0 Å². The van der Waals surface area contributed by atoms with Crippen LogP contribution in [0.25, 0.3) is 0 Å². The van der Waals surface area contributed by atoms with E-state index in [-0.39, 0.29) is 0 Å².